The summed E-state index contributed by atoms with van der Waals surface area (Å²) in [6, 6.07) is 13.8. The zero-order chi connectivity index (χ0) is 18.2. The van der Waals surface area contributed by atoms with Gasteiger partial charge in [0.2, 0.25) is 5.91 Å². The van der Waals surface area contributed by atoms with E-state index in [1.807, 2.05) is 6.92 Å². The second-order valence-electron chi connectivity index (χ2n) is 5.32. The second kappa shape index (κ2) is 8.73. The Kier molecular flexibility index (Phi) is 6.39. The van der Waals surface area contributed by atoms with Crippen LogP contribution in [0.4, 0.5) is 5.69 Å². The molecule has 0 fully saturated rings. The minimum absolute atomic E-state index is 0.0204. The highest BCUT2D eigenvalue weighted by molar-refractivity contribution is 5.99. The summed E-state index contributed by atoms with van der Waals surface area (Å²) < 4.78 is 10.2. The molecule has 0 radical (unpaired) electrons. The van der Waals surface area contributed by atoms with Crippen molar-refractivity contribution in [3.63, 3.8) is 0 Å². The van der Waals surface area contributed by atoms with Crippen LogP contribution in [0, 0.1) is 0 Å². The van der Waals surface area contributed by atoms with Gasteiger partial charge in [0.25, 0.3) is 5.91 Å². The quantitative estimate of drug-likeness (QED) is 0.840. The highest BCUT2D eigenvalue weighted by Crippen LogP contribution is 2.16. The Bertz CT molecular complexity index is 711. The van der Waals surface area contributed by atoms with Crippen LogP contribution in [-0.4, -0.2) is 44.0 Å². The van der Waals surface area contributed by atoms with E-state index in [0.717, 1.165) is 0 Å². The molecule has 1 N–H and O–H groups in total. The summed E-state index contributed by atoms with van der Waals surface area (Å²) in [4.78, 5) is 26.2. The van der Waals surface area contributed by atoms with Gasteiger partial charge in [0.15, 0.2) is 0 Å². The van der Waals surface area contributed by atoms with Crippen molar-refractivity contribution in [2.45, 2.75) is 6.92 Å². The lowest BCUT2D eigenvalue weighted by Crippen LogP contribution is -2.37. The lowest BCUT2D eigenvalue weighted by atomic mass is 10.2. The zero-order valence-corrected chi connectivity index (χ0v) is 14.6. The van der Waals surface area contributed by atoms with E-state index in [9.17, 15) is 9.59 Å². The van der Waals surface area contributed by atoms with Crippen LogP contribution in [-0.2, 0) is 4.79 Å². The predicted molar refractivity (Wildman–Crippen MR) is 96.2 cm³/mol. The molecule has 2 rings (SSSR count). The molecule has 0 aromatic heterocycles. The number of nitrogens with one attached hydrogen (secondary N) is 1. The van der Waals surface area contributed by atoms with E-state index in [1.165, 1.54) is 4.90 Å². The average molecular weight is 342 g/mol. The van der Waals surface area contributed by atoms with Crippen LogP contribution >= 0.6 is 0 Å². The third-order valence-corrected chi connectivity index (χ3v) is 3.71. The van der Waals surface area contributed by atoms with Crippen LogP contribution in [0.3, 0.4) is 0 Å². The Labute approximate surface area is 147 Å². The fourth-order valence-electron chi connectivity index (χ4n) is 2.29. The Morgan fingerprint density at radius 2 is 1.44 bits per heavy atom. The number of nitrogens with zero attached hydrogens (tertiary/aromatic N) is 1. The molecule has 0 heterocycles. The number of rotatable bonds is 7. The maximum Gasteiger partial charge on any atom is 0.254 e. The number of hydrogen-bond acceptors (Lipinski definition) is 4. The molecule has 6 heteroatoms. The lowest BCUT2D eigenvalue weighted by molar-refractivity contribution is -0.116. The van der Waals surface area contributed by atoms with Crippen LogP contribution in [0.2, 0.25) is 0 Å². The first kappa shape index (κ1) is 18.3. The van der Waals surface area contributed by atoms with E-state index in [2.05, 4.69) is 5.32 Å². The summed E-state index contributed by atoms with van der Waals surface area (Å²) in [5.74, 6) is 0.934. The topological polar surface area (TPSA) is 67.9 Å². The van der Waals surface area contributed by atoms with Crippen molar-refractivity contribution >= 4 is 17.5 Å². The highest BCUT2D eigenvalue weighted by Gasteiger charge is 2.17. The molecule has 0 bridgehead atoms. The van der Waals surface area contributed by atoms with Crippen molar-refractivity contribution in [3.05, 3.63) is 54.1 Å². The first-order chi connectivity index (χ1) is 12.1. The molecule has 25 heavy (non-hydrogen) atoms. The third-order valence-electron chi connectivity index (χ3n) is 3.71. The molecule has 0 aliphatic rings. The summed E-state index contributed by atoms with van der Waals surface area (Å²) in [6.45, 7) is 2.25. The minimum Gasteiger partial charge on any atom is -0.497 e. The van der Waals surface area contributed by atoms with Crippen LogP contribution < -0.4 is 14.8 Å². The Balaban J connectivity index is 1.99. The summed E-state index contributed by atoms with van der Waals surface area (Å²) in [5, 5.41) is 2.77. The van der Waals surface area contributed by atoms with Crippen LogP contribution in [0.25, 0.3) is 0 Å². The van der Waals surface area contributed by atoms with E-state index < -0.39 is 0 Å². The second-order valence-corrected chi connectivity index (χ2v) is 5.32. The summed E-state index contributed by atoms with van der Waals surface area (Å²) in [7, 11) is 3.15. The SMILES string of the molecule is CCN(CC(=O)Nc1ccc(OC)cc1)C(=O)c1ccc(OC)cc1. The largest absolute Gasteiger partial charge is 0.497 e. The van der Waals surface area contributed by atoms with Gasteiger partial charge in [-0.1, -0.05) is 0 Å². The van der Waals surface area contributed by atoms with Crippen molar-refractivity contribution in [2.75, 3.05) is 32.6 Å². The van der Waals surface area contributed by atoms with Gasteiger partial charge in [-0.2, -0.15) is 0 Å². The van der Waals surface area contributed by atoms with Crippen molar-refractivity contribution in [3.8, 4) is 11.5 Å². The molecule has 6 nitrogen and oxygen atoms in total. The molecular formula is C19H22N2O4. The zero-order valence-electron chi connectivity index (χ0n) is 14.6. The normalized spacial score (nSPS) is 10.0. The molecule has 0 saturated carbocycles. The maximum absolute atomic E-state index is 12.5. The number of anilines is 1. The number of amides is 2. The molecule has 2 aromatic rings. The number of hydrogen-bond donors (Lipinski definition) is 1. The minimum atomic E-state index is -0.256. The van der Waals surface area contributed by atoms with Gasteiger partial charge in [-0.05, 0) is 55.5 Å². The molecule has 132 valence electrons. The van der Waals surface area contributed by atoms with Gasteiger partial charge < -0.3 is 19.7 Å². The summed E-state index contributed by atoms with van der Waals surface area (Å²) >= 11 is 0. The fourth-order valence-corrected chi connectivity index (χ4v) is 2.29. The number of ether oxygens (including phenoxy) is 2. The molecule has 0 unspecified atom stereocenters. The standard InChI is InChI=1S/C19H22N2O4/c1-4-21(19(23)14-5-9-16(24-2)10-6-14)13-18(22)20-15-7-11-17(25-3)12-8-15/h5-12H,4,13H2,1-3H3,(H,20,22). The highest BCUT2D eigenvalue weighted by atomic mass is 16.5. The van der Waals surface area contributed by atoms with Crippen molar-refractivity contribution in [1.82, 2.24) is 4.90 Å². The van der Waals surface area contributed by atoms with Gasteiger partial charge in [0.05, 0.1) is 14.2 Å². The van der Waals surface area contributed by atoms with E-state index in [-0.39, 0.29) is 18.4 Å². The Hall–Kier alpha value is -3.02. The number of carbonyl (C=O) groups excluding carboxylic acids is 2. The van der Waals surface area contributed by atoms with Gasteiger partial charge in [-0.3, -0.25) is 9.59 Å². The Morgan fingerprint density at radius 1 is 0.920 bits per heavy atom. The number of benzene rings is 2. The molecule has 2 aromatic carbocycles. The van der Waals surface area contributed by atoms with Gasteiger partial charge in [0, 0.05) is 17.8 Å². The Morgan fingerprint density at radius 3 is 1.92 bits per heavy atom. The molecule has 0 aliphatic carbocycles. The van der Waals surface area contributed by atoms with Gasteiger partial charge in [0.1, 0.15) is 18.0 Å². The van der Waals surface area contributed by atoms with Gasteiger partial charge in [-0.15, -0.1) is 0 Å². The van der Waals surface area contributed by atoms with E-state index in [0.29, 0.717) is 29.3 Å². The monoisotopic (exact) mass is 342 g/mol. The maximum atomic E-state index is 12.5. The van der Waals surface area contributed by atoms with Gasteiger partial charge in [-0.25, -0.2) is 0 Å². The molecule has 0 spiro atoms. The van der Waals surface area contributed by atoms with Crippen LogP contribution in [0.1, 0.15) is 17.3 Å². The summed E-state index contributed by atoms with van der Waals surface area (Å²) in [5.41, 5.74) is 1.17. The van der Waals surface area contributed by atoms with Crippen molar-refractivity contribution < 1.29 is 19.1 Å². The molecule has 0 saturated heterocycles. The average Bonchev–Trinajstić information content (AvgIpc) is 2.66. The number of carbonyl (C=O) groups is 2. The fraction of sp³-hybridized carbons (Fsp3) is 0.263. The van der Waals surface area contributed by atoms with E-state index in [4.69, 9.17) is 9.47 Å². The van der Waals surface area contributed by atoms with E-state index >= 15 is 0 Å². The number of methoxy groups -OCH3 is 2. The van der Waals surface area contributed by atoms with Gasteiger partial charge >= 0.3 is 0 Å². The molecular weight excluding hydrogens is 320 g/mol. The van der Waals surface area contributed by atoms with Crippen molar-refractivity contribution in [2.24, 2.45) is 0 Å². The van der Waals surface area contributed by atoms with Crippen LogP contribution in [0.5, 0.6) is 11.5 Å². The lowest BCUT2D eigenvalue weighted by Gasteiger charge is -2.20. The van der Waals surface area contributed by atoms with Crippen molar-refractivity contribution in [1.29, 1.82) is 0 Å². The predicted octanol–water partition coefficient (Wildman–Crippen LogP) is 2.80. The smallest absolute Gasteiger partial charge is 0.254 e. The first-order valence-electron chi connectivity index (χ1n) is 7.94. The molecule has 0 atom stereocenters. The number of likely N-dealkylation sites (N-methyl/N-ethyl adjacent to an activating group) is 1. The van der Waals surface area contributed by atoms with E-state index in [1.54, 1.807) is 62.8 Å². The third kappa shape index (κ3) is 4.97. The first-order valence-corrected chi connectivity index (χ1v) is 7.94. The summed E-state index contributed by atoms with van der Waals surface area (Å²) in [6.07, 6.45) is 0. The molecule has 0 aliphatic heterocycles. The molecule has 2 amide bonds. The van der Waals surface area contributed by atoms with Crippen LogP contribution in [0.15, 0.2) is 48.5 Å².